The number of anilines is 1. The zero-order valence-electron chi connectivity index (χ0n) is 19.1. The lowest BCUT2D eigenvalue weighted by molar-refractivity contribution is -0.136. The fourth-order valence-corrected chi connectivity index (χ4v) is 4.79. The summed E-state index contributed by atoms with van der Waals surface area (Å²) in [5.41, 5.74) is 11.1. The van der Waals surface area contributed by atoms with E-state index in [1.807, 2.05) is 0 Å². The molecule has 12 heteroatoms. The van der Waals surface area contributed by atoms with Gasteiger partial charge in [-0.15, -0.1) is 0 Å². The van der Waals surface area contributed by atoms with Gasteiger partial charge in [-0.2, -0.15) is 0 Å². The molecule has 2 fully saturated rings. The van der Waals surface area contributed by atoms with Crippen molar-refractivity contribution in [2.24, 2.45) is 27.4 Å². The Bertz CT molecular complexity index is 1090. The van der Waals surface area contributed by atoms with Crippen LogP contribution < -0.4 is 16.8 Å². The topological polar surface area (TPSA) is 133 Å². The Morgan fingerprint density at radius 1 is 1.20 bits per heavy atom. The molecule has 1 saturated heterocycles. The molecule has 0 unspecified atom stereocenters. The number of aliphatic hydroxyl groups is 1. The van der Waals surface area contributed by atoms with Crippen LogP contribution in [0.2, 0.25) is 0 Å². The van der Waals surface area contributed by atoms with Crippen LogP contribution in [0.25, 0.3) is 0 Å². The minimum atomic E-state index is -1.13. The standard InChI is InChI=1S/C23H28F3N7O2/c1-12(28)29-21-19(10-27)30-23(31-20-17(25)8-14(24)9-18(20)26)33(21)15-4-2-13(3-5-15)22(35)32-7-6-16(34)11-32/h8-10,13,15-16,34H,1-7,11,27-28H2,(H,30,31)/b19-10+,29-21+/t13-,15+,16-/m1/s1. The Hall–Kier alpha value is -3.54. The van der Waals surface area contributed by atoms with Crippen LogP contribution in [-0.4, -0.2) is 57.8 Å². The summed E-state index contributed by atoms with van der Waals surface area (Å²) >= 11 is 0. The van der Waals surface area contributed by atoms with Crippen molar-refractivity contribution in [3.05, 3.63) is 53.9 Å². The van der Waals surface area contributed by atoms with Crippen molar-refractivity contribution >= 4 is 23.4 Å². The number of likely N-dealkylation sites (tertiary alicyclic amines) is 1. The first-order chi connectivity index (χ1) is 16.7. The summed E-state index contributed by atoms with van der Waals surface area (Å²) in [7, 11) is 0. The number of benzene rings is 1. The molecule has 0 bridgehead atoms. The number of carbonyl (C=O) groups is 1. The van der Waals surface area contributed by atoms with Crippen LogP contribution in [-0.2, 0) is 4.79 Å². The van der Waals surface area contributed by atoms with Gasteiger partial charge in [0, 0.05) is 43.4 Å². The summed E-state index contributed by atoms with van der Waals surface area (Å²) < 4.78 is 42.1. The lowest BCUT2D eigenvalue weighted by atomic mass is 9.84. The number of hydrogen-bond donors (Lipinski definition) is 4. The molecule has 6 N–H and O–H groups in total. The van der Waals surface area contributed by atoms with Crippen molar-refractivity contribution in [2.45, 2.75) is 44.2 Å². The molecular weight excluding hydrogens is 463 g/mol. The number of rotatable bonds is 4. The van der Waals surface area contributed by atoms with Gasteiger partial charge in [0.05, 0.1) is 6.10 Å². The Kier molecular flexibility index (Phi) is 7.01. The maximum Gasteiger partial charge on any atom is 0.225 e. The van der Waals surface area contributed by atoms with E-state index < -0.39 is 29.2 Å². The highest BCUT2D eigenvalue weighted by atomic mass is 19.1. The molecule has 1 aromatic rings. The maximum absolute atomic E-state index is 14.4. The second-order valence-electron chi connectivity index (χ2n) is 8.89. The summed E-state index contributed by atoms with van der Waals surface area (Å²) in [5, 5.41) is 12.4. The van der Waals surface area contributed by atoms with Crippen LogP contribution in [0.5, 0.6) is 0 Å². The molecule has 1 aliphatic carbocycles. The number of carbonyl (C=O) groups excluding carboxylic acids is 1. The number of halogens is 3. The first-order valence-electron chi connectivity index (χ1n) is 11.4. The lowest BCUT2D eigenvalue weighted by Crippen LogP contribution is -2.47. The number of nitrogens with two attached hydrogens (primary N) is 2. The normalized spacial score (nSPS) is 27.0. The SMILES string of the molecule is C=C(N)/N=C1\C(=C/N)N=C(Nc2c(F)cc(F)cc2F)N1[C@H]1CC[C@@H](C(=O)N2CC[C@@H](O)C2)CC1. The molecule has 35 heavy (non-hydrogen) atoms. The predicted molar refractivity (Wildman–Crippen MR) is 125 cm³/mol. The second kappa shape index (κ2) is 9.98. The van der Waals surface area contributed by atoms with Gasteiger partial charge in [-0.25, -0.2) is 23.2 Å². The third kappa shape index (κ3) is 5.11. The number of nitrogens with one attached hydrogen (secondary N) is 1. The Morgan fingerprint density at radius 2 is 1.86 bits per heavy atom. The fraction of sp³-hybridized carbons (Fsp3) is 0.435. The van der Waals surface area contributed by atoms with E-state index in [9.17, 15) is 23.1 Å². The van der Waals surface area contributed by atoms with E-state index >= 15 is 0 Å². The molecule has 4 rings (SSSR count). The summed E-state index contributed by atoms with van der Waals surface area (Å²) in [4.78, 5) is 24.8. The van der Waals surface area contributed by atoms with E-state index in [0.717, 1.165) is 0 Å². The van der Waals surface area contributed by atoms with Crippen molar-refractivity contribution in [1.82, 2.24) is 9.80 Å². The van der Waals surface area contributed by atoms with E-state index in [0.29, 0.717) is 57.3 Å². The van der Waals surface area contributed by atoms with E-state index in [1.165, 1.54) is 6.20 Å². The minimum Gasteiger partial charge on any atom is -0.403 e. The number of hydrogen-bond acceptors (Lipinski definition) is 7. The minimum absolute atomic E-state index is 0.0172. The van der Waals surface area contributed by atoms with E-state index in [4.69, 9.17) is 11.5 Å². The highest BCUT2D eigenvalue weighted by Gasteiger charge is 2.39. The number of β-amino-alcohol motifs (C(OH)–C–C–N with tert-alkyl or cyclic N) is 1. The molecule has 0 spiro atoms. The molecule has 1 amide bonds. The number of aliphatic hydroxyl groups excluding tert-OH is 1. The van der Waals surface area contributed by atoms with Crippen LogP contribution >= 0.6 is 0 Å². The number of aliphatic imine (C=N–C) groups is 2. The van der Waals surface area contributed by atoms with Gasteiger partial charge in [0.15, 0.2) is 17.5 Å². The smallest absolute Gasteiger partial charge is 0.225 e. The van der Waals surface area contributed by atoms with Gasteiger partial charge in [0.25, 0.3) is 0 Å². The van der Waals surface area contributed by atoms with Gasteiger partial charge >= 0.3 is 0 Å². The molecular formula is C23H28F3N7O2. The second-order valence-corrected chi connectivity index (χ2v) is 8.89. The van der Waals surface area contributed by atoms with Crippen LogP contribution in [0.1, 0.15) is 32.1 Å². The molecule has 0 radical (unpaired) electrons. The predicted octanol–water partition coefficient (Wildman–Crippen LogP) is 1.97. The van der Waals surface area contributed by atoms with Crippen LogP contribution in [0.15, 0.2) is 46.4 Å². The van der Waals surface area contributed by atoms with Crippen LogP contribution in [0.4, 0.5) is 18.9 Å². The van der Waals surface area contributed by atoms with Crippen LogP contribution in [0, 0.1) is 23.4 Å². The summed E-state index contributed by atoms with van der Waals surface area (Å²) in [5.74, 6) is -3.18. The maximum atomic E-state index is 14.4. The van der Waals surface area contributed by atoms with E-state index in [1.54, 1.807) is 9.80 Å². The quantitative estimate of drug-likeness (QED) is 0.509. The first-order valence-corrected chi connectivity index (χ1v) is 11.4. The third-order valence-electron chi connectivity index (χ3n) is 6.45. The average Bonchev–Trinajstić information content (AvgIpc) is 3.38. The molecule has 3 aliphatic rings. The Morgan fingerprint density at radius 3 is 2.40 bits per heavy atom. The van der Waals surface area contributed by atoms with E-state index in [2.05, 4.69) is 21.9 Å². The summed E-state index contributed by atoms with van der Waals surface area (Å²) in [6.45, 7) is 4.48. The average molecular weight is 492 g/mol. The molecule has 2 heterocycles. The van der Waals surface area contributed by atoms with Crippen molar-refractivity contribution in [1.29, 1.82) is 0 Å². The summed E-state index contributed by atoms with van der Waals surface area (Å²) in [6, 6.07) is 0.887. The van der Waals surface area contributed by atoms with Crippen LogP contribution in [0.3, 0.4) is 0 Å². The number of nitrogens with zero attached hydrogens (tertiary/aromatic N) is 4. The van der Waals surface area contributed by atoms with Crippen molar-refractivity contribution in [3.63, 3.8) is 0 Å². The summed E-state index contributed by atoms with van der Waals surface area (Å²) in [6.07, 6.45) is 3.52. The van der Waals surface area contributed by atoms with E-state index in [-0.39, 0.29) is 41.2 Å². The van der Waals surface area contributed by atoms with Gasteiger partial charge in [0.1, 0.15) is 23.0 Å². The fourth-order valence-electron chi connectivity index (χ4n) is 4.79. The molecule has 2 aliphatic heterocycles. The van der Waals surface area contributed by atoms with Crippen molar-refractivity contribution in [3.8, 4) is 0 Å². The van der Waals surface area contributed by atoms with Gasteiger partial charge in [-0.1, -0.05) is 6.58 Å². The number of guanidine groups is 1. The molecule has 9 nitrogen and oxygen atoms in total. The zero-order valence-corrected chi connectivity index (χ0v) is 19.1. The van der Waals surface area contributed by atoms with Gasteiger partial charge in [-0.3, -0.25) is 9.69 Å². The Balaban J connectivity index is 1.57. The van der Waals surface area contributed by atoms with Gasteiger partial charge in [0.2, 0.25) is 11.9 Å². The van der Waals surface area contributed by atoms with Crippen molar-refractivity contribution < 1.29 is 23.1 Å². The highest BCUT2D eigenvalue weighted by molar-refractivity contribution is 6.18. The molecule has 1 saturated carbocycles. The zero-order chi connectivity index (χ0) is 25.3. The van der Waals surface area contributed by atoms with Gasteiger partial charge in [-0.05, 0) is 32.1 Å². The molecule has 1 aromatic carbocycles. The number of amides is 1. The first kappa shape index (κ1) is 24.6. The number of amidine groups is 1. The Labute approximate surface area is 200 Å². The highest BCUT2D eigenvalue weighted by Crippen LogP contribution is 2.34. The molecule has 1 atom stereocenters. The largest absolute Gasteiger partial charge is 0.403 e. The lowest BCUT2D eigenvalue weighted by Gasteiger charge is -2.36. The third-order valence-corrected chi connectivity index (χ3v) is 6.45. The monoisotopic (exact) mass is 491 g/mol. The molecule has 188 valence electrons. The van der Waals surface area contributed by atoms with Gasteiger partial charge < -0.3 is 26.8 Å². The van der Waals surface area contributed by atoms with Crippen molar-refractivity contribution in [2.75, 3.05) is 18.4 Å². The molecule has 0 aromatic heterocycles.